The number of rotatable bonds is 3. The summed E-state index contributed by atoms with van der Waals surface area (Å²) in [6.07, 6.45) is 6.83. The predicted molar refractivity (Wildman–Crippen MR) is 80.7 cm³/mol. The van der Waals surface area contributed by atoms with Crippen molar-refractivity contribution in [2.75, 3.05) is 18.0 Å². The van der Waals surface area contributed by atoms with Gasteiger partial charge in [-0.3, -0.25) is 4.68 Å². The summed E-state index contributed by atoms with van der Waals surface area (Å²) >= 11 is 0. The number of aryl methyl sites for hydroxylation is 2. The highest BCUT2D eigenvalue weighted by atomic mass is 15.3. The van der Waals surface area contributed by atoms with Crippen molar-refractivity contribution in [1.29, 1.82) is 0 Å². The Labute approximate surface area is 117 Å². The molecule has 2 rings (SSSR count). The molecule has 1 aliphatic heterocycles. The summed E-state index contributed by atoms with van der Waals surface area (Å²) in [7, 11) is 2.02. The Hall–Kier alpha value is -1.03. The molecule has 0 saturated carbocycles. The number of hydrogen-bond acceptors (Lipinski definition) is 3. The second kappa shape index (κ2) is 6.42. The zero-order valence-electron chi connectivity index (χ0n) is 12.8. The zero-order valence-corrected chi connectivity index (χ0v) is 12.8. The Bertz CT molecular complexity index is 399. The molecule has 0 aromatic carbocycles. The van der Waals surface area contributed by atoms with E-state index in [4.69, 9.17) is 0 Å². The molecule has 2 unspecified atom stereocenters. The molecule has 0 bridgehead atoms. The molecule has 1 N–H and O–H groups in total. The largest absolute Gasteiger partial charge is 0.369 e. The SMILES string of the molecule is CCc1nn(C)cc1N1CCC(C)NC(CC)CC1. The van der Waals surface area contributed by atoms with E-state index < -0.39 is 0 Å². The van der Waals surface area contributed by atoms with Crippen LogP contribution in [0.15, 0.2) is 6.20 Å². The number of nitrogens with one attached hydrogen (secondary N) is 1. The molecule has 19 heavy (non-hydrogen) atoms. The Morgan fingerprint density at radius 1 is 1.32 bits per heavy atom. The van der Waals surface area contributed by atoms with Crippen molar-refractivity contribution in [2.24, 2.45) is 7.05 Å². The molecule has 1 aliphatic rings. The van der Waals surface area contributed by atoms with Gasteiger partial charge in [0.2, 0.25) is 0 Å². The molecule has 0 aliphatic carbocycles. The summed E-state index contributed by atoms with van der Waals surface area (Å²) in [5, 5.41) is 8.30. The van der Waals surface area contributed by atoms with Gasteiger partial charge in [-0.2, -0.15) is 5.10 Å². The molecular formula is C15H28N4. The fraction of sp³-hybridized carbons (Fsp3) is 0.800. The van der Waals surface area contributed by atoms with Crippen molar-refractivity contribution >= 4 is 5.69 Å². The van der Waals surface area contributed by atoms with Gasteiger partial charge in [-0.25, -0.2) is 0 Å². The number of hydrogen-bond donors (Lipinski definition) is 1. The van der Waals surface area contributed by atoms with E-state index in [0.717, 1.165) is 19.5 Å². The van der Waals surface area contributed by atoms with Crippen molar-refractivity contribution in [2.45, 2.75) is 58.5 Å². The normalized spacial score (nSPS) is 25.2. The maximum Gasteiger partial charge on any atom is 0.0855 e. The van der Waals surface area contributed by atoms with E-state index >= 15 is 0 Å². The van der Waals surface area contributed by atoms with Gasteiger partial charge >= 0.3 is 0 Å². The van der Waals surface area contributed by atoms with Crippen LogP contribution < -0.4 is 10.2 Å². The van der Waals surface area contributed by atoms with Crippen LogP contribution in [0.3, 0.4) is 0 Å². The summed E-state index contributed by atoms with van der Waals surface area (Å²) in [6, 6.07) is 1.26. The van der Waals surface area contributed by atoms with Crippen LogP contribution in [0.25, 0.3) is 0 Å². The standard InChI is InChI=1S/C15H28N4/c1-5-13-8-10-19(9-7-12(3)16-13)15-11-18(4)17-14(15)6-2/h11-13,16H,5-10H2,1-4H3. The first-order valence-electron chi connectivity index (χ1n) is 7.67. The summed E-state index contributed by atoms with van der Waals surface area (Å²) < 4.78 is 1.95. The second-order valence-corrected chi connectivity index (χ2v) is 5.73. The number of nitrogens with zero attached hydrogens (tertiary/aromatic N) is 3. The van der Waals surface area contributed by atoms with Gasteiger partial charge in [0.1, 0.15) is 0 Å². The Morgan fingerprint density at radius 2 is 2.05 bits per heavy atom. The van der Waals surface area contributed by atoms with Crippen molar-refractivity contribution in [3.05, 3.63) is 11.9 Å². The van der Waals surface area contributed by atoms with Crippen molar-refractivity contribution in [3.63, 3.8) is 0 Å². The molecule has 1 aromatic rings. The molecule has 1 fully saturated rings. The molecule has 0 radical (unpaired) electrons. The third kappa shape index (κ3) is 3.50. The van der Waals surface area contributed by atoms with Gasteiger partial charge in [0, 0.05) is 38.4 Å². The van der Waals surface area contributed by atoms with Crippen LogP contribution in [0.4, 0.5) is 5.69 Å². The molecule has 0 spiro atoms. The maximum absolute atomic E-state index is 4.58. The minimum Gasteiger partial charge on any atom is -0.369 e. The molecule has 4 heteroatoms. The second-order valence-electron chi connectivity index (χ2n) is 5.73. The van der Waals surface area contributed by atoms with Crippen LogP contribution >= 0.6 is 0 Å². The van der Waals surface area contributed by atoms with Gasteiger partial charge in [0.15, 0.2) is 0 Å². The average Bonchev–Trinajstić information content (AvgIpc) is 2.75. The van der Waals surface area contributed by atoms with Crippen LogP contribution in [-0.2, 0) is 13.5 Å². The van der Waals surface area contributed by atoms with Crippen LogP contribution in [0.2, 0.25) is 0 Å². The highest BCUT2D eigenvalue weighted by Gasteiger charge is 2.20. The first-order chi connectivity index (χ1) is 9.13. The minimum absolute atomic E-state index is 0.606. The van der Waals surface area contributed by atoms with Gasteiger partial charge in [0.25, 0.3) is 0 Å². The van der Waals surface area contributed by atoms with Gasteiger partial charge in [0.05, 0.1) is 11.4 Å². The molecule has 2 heterocycles. The molecule has 1 aromatic heterocycles. The fourth-order valence-electron chi connectivity index (χ4n) is 2.94. The van der Waals surface area contributed by atoms with Crippen LogP contribution in [-0.4, -0.2) is 35.0 Å². The third-order valence-corrected chi connectivity index (χ3v) is 4.15. The number of anilines is 1. The van der Waals surface area contributed by atoms with Crippen LogP contribution in [0.5, 0.6) is 0 Å². The number of aromatic nitrogens is 2. The van der Waals surface area contributed by atoms with Gasteiger partial charge in [-0.05, 0) is 32.6 Å². The first-order valence-corrected chi connectivity index (χ1v) is 7.67. The lowest BCUT2D eigenvalue weighted by Gasteiger charge is -2.33. The van der Waals surface area contributed by atoms with Crippen LogP contribution in [0.1, 0.15) is 45.7 Å². The fourth-order valence-corrected chi connectivity index (χ4v) is 2.94. The summed E-state index contributed by atoms with van der Waals surface area (Å²) in [5.74, 6) is 0. The van der Waals surface area contributed by atoms with E-state index in [1.807, 2.05) is 11.7 Å². The topological polar surface area (TPSA) is 33.1 Å². The Morgan fingerprint density at radius 3 is 2.74 bits per heavy atom. The van der Waals surface area contributed by atoms with Crippen LogP contribution in [0, 0.1) is 0 Å². The molecular weight excluding hydrogens is 236 g/mol. The summed E-state index contributed by atoms with van der Waals surface area (Å²) in [6.45, 7) is 9.03. The quantitative estimate of drug-likeness (QED) is 0.909. The lowest BCUT2D eigenvalue weighted by atomic mass is 10.1. The van der Waals surface area contributed by atoms with Gasteiger partial charge in [-0.15, -0.1) is 0 Å². The van der Waals surface area contributed by atoms with Crippen molar-refractivity contribution in [3.8, 4) is 0 Å². The highest BCUT2D eigenvalue weighted by molar-refractivity contribution is 5.49. The van der Waals surface area contributed by atoms with E-state index in [9.17, 15) is 0 Å². The molecule has 2 atom stereocenters. The lowest BCUT2D eigenvalue weighted by Crippen LogP contribution is -2.44. The minimum atomic E-state index is 0.606. The van der Waals surface area contributed by atoms with E-state index in [0.29, 0.717) is 12.1 Å². The predicted octanol–water partition coefficient (Wildman–Crippen LogP) is 2.34. The Balaban J connectivity index is 2.13. The molecule has 108 valence electrons. The third-order valence-electron chi connectivity index (χ3n) is 4.15. The van der Waals surface area contributed by atoms with Gasteiger partial charge < -0.3 is 10.2 Å². The summed E-state index contributed by atoms with van der Waals surface area (Å²) in [5.41, 5.74) is 2.57. The monoisotopic (exact) mass is 264 g/mol. The van der Waals surface area contributed by atoms with Gasteiger partial charge in [-0.1, -0.05) is 13.8 Å². The average molecular weight is 264 g/mol. The van der Waals surface area contributed by atoms with Crippen molar-refractivity contribution < 1.29 is 0 Å². The molecule has 0 amide bonds. The molecule has 1 saturated heterocycles. The first kappa shape index (κ1) is 14.4. The maximum atomic E-state index is 4.58. The van der Waals surface area contributed by atoms with E-state index in [2.05, 4.69) is 42.3 Å². The smallest absolute Gasteiger partial charge is 0.0855 e. The Kier molecular flexibility index (Phi) is 4.86. The van der Waals surface area contributed by atoms with E-state index in [1.165, 1.54) is 30.6 Å². The zero-order chi connectivity index (χ0) is 13.8. The summed E-state index contributed by atoms with van der Waals surface area (Å²) in [4.78, 5) is 2.53. The van der Waals surface area contributed by atoms with E-state index in [1.54, 1.807) is 0 Å². The highest BCUT2D eigenvalue weighted by Crippen LogP contribution is 2.22. The van der Waals surface area contributed by atoms with Crippen molar-refractivity contribution in [1.82, 2.24) is 15.1 Å². The lowest BCUT2D eigenvalue weighted by molar-refractivity contribution is 0.378. The molecule has 4 nitrogen and oxygen atoms in total. The van der Waals surface area contributed by atoms with E-state index in [-0.39, 0.29) is 0 Å².